The SMILES string of the molecule is O=C(OCc1ccccc1)c1ccc2c(c1C(=O)OCc1ccccc1)Cc1ccccc1-2. The summed E-state index contributed by atoms with van der Waals surface area (Å²) in [5.74, 6) is -1.06. The first-order chi connectivity index (χ1) is 16.2. The second-order valence-electron chi connectivity index (χ2n) is 7.97. The summed E-state index contributed by atoms with van der Waals surface area (Å²) in [5, 5.41) is 0. The highest BCUT2D eigenvalue weighted by atomic mass is 16.5. The van der Waals surface area contributed by atoms with Crippen molar-refractivity contribution < 1.29 is 19.1 Å². The van der Waals surface area contributed by atoms with Crippen LogP contribution in [0.4, 0.5) is 0 Å². The molecule has 4 aromatic carbocycles. The van der Waals surface area contributed by atoms with E-state index >= 15 is 0 Å². The highest BCUT2D eigenvalue weighted by molar-refractivity contribution is 6.06. The van der Waals surface area contributed by atoms with Crippen molar-refractivity contribution in [1.82, 2.24) is 0 Å². The molecule has 0 spiro atoms. The second-order valence-corrected chi connectivity index (χ2v) is 7.97. The van der Waals surface area contributed by atoms with Gasteiger partial charge in [-0.15, -0.1) is 0 Å². The summed E-state index contributed by atoms with van der Waals surface area (Å²) < 4.78 is 11.2. The molecule has 4 heteroatoms. The summed E-state index contributed by atoms with van der Waals surface area (Å²) in [6.45, 7) is 0.268. The van der Waals surface area contributed by atoms with E-state index in [0.717, 1.165) is 33.4 Å². The van der Waals surface area contributed by atoms with Gasteiger partial charge in [0.25, 0.3) is 0 Å². The number of carbonyl (C=O) groups excluding carboxylic acids is 2. The van der Waals surface area contributed by atoms with E-state index in [1.807, 2.05) is 91.0 Å². The van der Waals surface area contributed by atoms with Gasteiger partial charge in [-0.2, -0.15) is 0 Å². The van der Waals surface area contributed by atoms with Gasteiger partial charge in [0.1, 0.15) is 13.2 Å². The van der Waals surface area contributed by atoms with Crippen molar-refractivity contribution in [3.05, 3.63) is 130 Å². The molecule has 1 aliphatic rings. The minimum atomic E-state index is -0.538. The van der Waals surface area contributed by atoms with Crippen LogP contribution in [0, 0.1) is 0 Å². The van der Waals surface area contributed by atoms with Gasteiger partial charge in [-0.3, -0.25) is 0 Å². The van der Waals surface area contributed by atoms with Gasteiger partial charge in [-0.1, -0.05) is 91.0 Å². The van der Waals surface area contributed by atoms with Crippen molar-refractivity contribution in [1.29, 1.82) is 0 Å². The summed E-state index contributed by atoms with van der Waals surface area (Å²) in [5.41, 5.74) is 6.25. The predicted octanol–water partition coefficient (Wildman–Crippen LogP) is 5.97. The molecule has 0 aliphatic heterocycles. The summed E-state index contributed by atoms with van der Waals surface area (Å²) in [7, 11) is 0. The zero-order valence-corrected chi connectivity index (χ0v) is 18.0. The van der Waals surface area contributed by atoms with Crippen LogP contribution in [0.25, 0.3) is 11.1 Å². The molecule has 0 heterocycles. The lowest BCUT2D eigenvalue weighted by atomic mass is 9.96. The average Bonchev–Trinajstić information content (AvgIpc) is 3.25. The van der Waals surface area contributed by atoms with E-state index in [9.17, 15) is 9.59 Å². The number of rotatable bonds is 6. The van der Waals surface area contributed by atoms with Crippen molar-refractivity contribution in [2.75, 3.05) is 0 Å². The molecule has 5 rings (SSSR count). The standard InChI is InChI=1S/C29H22O4/c30-28(32-18-20-9-3-1-4-10-20)25-16-15-24-23-14-8-7-13-22(23)17-26(24)27(25)29(31)33-19-21-11-5-2-6-12-21/h1-16H,17-19H2. The van der Waals surface area contributed by atoms with Crippen molar-refractivity contribution in [3.8, 4) is 11.1 Å². The zero-order chi connectivity index (χ0) is 22.6. The van der Waals surface area contributed by atoms with Gasteiger partial charge in [0.05, 0.1) is 11.1 Å². The first-order valence-corrected chi connectivity index (χ1v) is 10.9. The van der Waals surface area contributed by atoms with Crippen LogP contribution >= 0.6 is 0 Å². The van der Waals surface area contributed by atoms with Crippen molar-refractivity contribution in [3.63, 3.8) is 0 Å². The van der Waals surface area contributed by atoms with Crippen molar-refractivity contribution >= 4 is 11.9 Å². The Morgan fingerprint density at radius 2 is 1.18 bits per heavy atom. The number of hydrogen-bond acceptors (Lipinski definition) is 4. The van der Waals surface area contributed by atoms with E-state index in [0.29, 0.717) is 6.42 Å². The topological polar surface area (TPSA) is 52.6 Å². The number of hydrogen-bond donors (Lipinski definition) is 0. The molecular weight excluding hydrogens is 412 g/mol. The molecule has 0 atom stereocenters. The molecule has 162 valence electrons. The Labute approximate surface area is 192 Å². The summed E-state index contributed by atoms with van der Waals surface area (Å²) >= 11 is 0. The number of benzene rings is 4. The van der Waals surface area contributed by atoms with Gasteiger partial charge in [-0.05, 0) is 45.9 Å². The Morgan fingerprint density at radius 3 is 1.85 bits per heavy atom. The maximum Gasteiger partial charge on any atom is 0.339 e. The third kappa shape index (κ3) is 4.28. The lowest BCUT2D eigenvalue weighted by Gasteiger charge is -2.14. The molecule has 1 aliphatic carbocycles. The normalized spacial score (nSPS) is 11.4. The molecule has 0 saturated carbocycles. The van der Waals surface area contributed by atoms with Crippen LogP contribution in [-0.4, -0.2) is 11.9 Å². The largest absolute Gasteiger partial charge is 0.457 e. The quantitative estimate of drug-likeness (QED) is 0.309. The number of fused-ring (bicyclic) bond motifs is 3. The lowest BCUT2D eigenvalue weighted by Crippen LogP contribution is -2.16. The van der Waals surface area contributed by atoms with Crippen molar-refractivity contribution in [2.45, 2.75) is 19.6 Å². The van der Waals surface area contributed by atoms with E-state index in [1.165, 1.54) is 0 Å². The van der Waals surface area contributed by atoms with Crippen molar-refractivity contribution in [2.24, 2.45) is 0 Å². The van der Waals surface area contributed by atoms with Gasteiger partial charge in [0.15, 0.2) is 0 Å². The maximum atomic E-state index is 13.3. The number of esters is 2. The minimum absolute atomic E-state index is 0.134. The fourth-order valence-electron chi connectivity index (χ4n) is 4.21. The van der Waals surface area contributed by atoms with Crippen LogP contribution < -0.4 is 0 Å². The molecule has 0 aromatic heterocycles. The molecular formula is C29H22O4. The molecule has 4 nitrogen and oxygen atoms in total. The third-order valence-electron chi connectivity index (χ3n) is 5.84. The smallest absolute Gasteiger partial charge is 0.339 e. The van der Waals surface area contributed by atoms with Gasteiger partial charge in [-0.25, -0.2) is 9.59 Å². The van der Waals surface area contributed by atoms with E-state index in [2.05, 4.69) is 0 Å². The van der Waals surface area contributed by atoms with E-state index in [1.54, 1.807) is 6.07 Å². The van der Waals surface area contributed by atoms with Crippen LogP contribution in [-0.2, 0) is 29.1 Å². The minimum Gasteiger partial charge on any atom is -0.457 e. The Morgan fingerprint density at radius 1 is 0.606 bits per heavy atom. The molecule has 0 radical (unpaired) electrons. The predicted molar refractivity (Wildman–Crippen MR) is 126 cm³/mol. The summed E-state index contributed by atoms with van der Waals surface area (Å²) in [4.78, 5) is 26.4. The summed E-state index contributed by atoms with van der Waals surface area (Å²) in [6.07, 6.45) is 0.571. The molecule has 0 amide bonds. The molecule has 0 fully saturated rings. The third-order valence-corrected chi connectivity index (χ3v) is 5.84. The monoisotopic (exact) mass is 434 g/mol. The molecule has 0 N–H and O–H groups in total. The average molecular weight is 434 g/mol. The Hall–Kier alpha value is -4.18. The lowest BCUT2D eigenvalue weighted by molar-refractivity contribution is 0.0424. The highest BCUT2D eigenvalue weighted by Gasteiger charge is 2.30. The van der Waals surface area contributed by atoms with E-state index in [4.69, 9.17) is 9.47 Å². The highest BCUT2D eigenvalue weighted by Crippen LogP contribution is 2.39. The molecule has 33 heavy (non-hydrogen) atoms. The van der Waals surface area contributed by atoms with Crippen LogP contribution in [0.15, 0.2) is 97.1 Å². The molecule has 4 aromatic rings. The van der Waals surface area contributed by atoms with Crippen LogP contribution in [0.5, 0.6) is 0 Å². The molecule has 0 unspecified atom stereocenters. The van der Waals surface area contributed by atoms with Crippen LogP contribution in [0.3, 0.4) is 0 Å². The fraction of sp³-hybridized carbons (Fsp3) is 0.103. The second kappa shape index (κ2) is 9.13. The van der Waals surface area contributed by atoms with Crippen LogP contribution in [0.1, 0.15) is 43.0 Å². The van der Waals surface area contributed by atoms with Gasteiger partial charge in [0.2, 0.25) is 0 Å². The number of ether oxygens (including phenoxy) is 2. The van der Waals surface area contributed by atoms with Gasteiger partial charge in [0, 0.05) is 0 Å². The fourth-order valence-corrected chi connectivity index (χ4v) is 4.21. The van der Waals surface area contributed by atoms with E-state index in [-0.39, 0.29) is 24.3 Å². The van der Waals surface area contributed by atoms with E-state index < -0.39 is 11.9 Å². The maximum absolute atomic E-state index is 13.3. The Balaban J connectivity index is 1.47. The molecule has 0 saturated heterocycles. The van der Waals surface area contributed by atoms with Crippen LogP contribution in [0.2, 0.25) is 0 Å². The summed E-state index contributed by atoms with van der Waals surface area (Å²) in [6, 6.07) is 30.6. The Kier molecular flexibility index (Phi) is 5.73. The number of carbonyl (C=O) groups is 2. The van der Waals surface area contributed by atoms with Gasteiger partial charge < -0.3 is 9.47 Å². The zero-order valence-electron chi connectivity index (χ0n) is 18.0. The first-order valence-electron chi connectivity index (χ1n) is 10.9. The molecule has 0 bridgehead atoms. The van der Waals surface area contributed by atoms with Gasteiger partial charge >= 0.3 is 11.9 Å². The Bertz CT molecular complexity index is 1310. The first kappa shape index (κ1) is 20.7.